The van der Waals surface area contributed by atoms with Crippen molar-refractivity contribution in [3.05, 3.63) is 48.0 Å². The third-order valence-corrected chi connectivity index (χ3v) is 5.51. The van der Waals surface area contributed by atoms with Crippen molar-refractivity contribution >= 4 is 16.7 Å². The molecule has 1 heterocycles. The number of rotatable bonds is 3. The molecule has 4 rings (SSSR count). The first-order valence-corrected chi connectivity index (χ1v) is 8.70. The van der Waals surface area contributed by atoms with Crippen LogP contribution in [-0.2, 0) is 4.79 Å². The number of carbonyl (C=O) groups is 1. The Morgan fingerprint density at radius 1 is 1.09 bits per heavy atom. The summed E-state index contributed by atoms with van der Waals surface area (Å²) in [4.78, 5) is 14.8. The van der Waals surface area contributed by atoms with E-state index in [1.165, 1.54) is 16.3 Å². The third kappa shape index (κ3) is 2.86. The van der Waals surface area contributed by atoms with E-state index in [-0.39, 0.29) is 5.92 Å². The second-order valence-electron chi connectivity index (χ2n) is 6.99. The number of amides is 1. The fraction of sp³-hybridized carbons (Fsp3) is 0.450. The van der Waals surface area contributed by atoms with E-state index in [9.17, 15) is 4.79 Å². The predicted octanol–water partition coefficient (Wildman–Crippen LogP) is 3.15. The normalized spacial score (nSPS) is 24.6. The minimum Gasteiger partial charge on any atom is -0.342 e. The third-order valence-electron chi connectivity index (χ3n) is 5.51. The monoisotopic (exact) mass is 308 g/mol. The topological polar surface area (TPSA) is 32.3 Å². The molecule has 2 unspecified atom stereocenters. The first-order chi connectivity index (χ1) is 11.2. The molecule has 23 heavy (non-hydrogen) atoms. The van der Waals surface area contributed by atoms with E-state index in [2.05, 4.69) is 47.8 Å². The van der Waals surface area contributed by atoms with Crippen LogP contribution in [-0.4, -0.2) is 37.0 Å². The number of carbonyl (C=O) groups excluding carboxylic acids is 1. The van der Waals surface area contributed by atoms with Crippen LogP contribution in [0, 0.1) is 5.92 Å². The highest BCUT2D eigenvalue weighted by Gasteiger charge is 2.46. The molecule has 1 aliphatic carbocycles. The Bertz CT molecular complexity index is 720. The van der Waals surface area contributed by atoms with Crippen LogP contribution in [0.5, 0.6) is 0 Å². The summed E-state index contributed by atoms with van der Waals surface area (Å²) >= 11 is 0. The van der Waals surface area contributed by atoms with Crippen LogP contribution >= 0.6 is 0 Å². The molecular formula is C20H24N2O. The van der Waals surface area contributed by atoms with Crippen molar-refractivity contribution in [1.82, 2.24) is 10.2 Å². The van der Waals surface area contributed by atoms with Crippen LogP contribution in [0.1, 0.15) is 30.7 Å². The molecule has 1 aliphatic heterocycles. The van der Waals surface area contributed by atoms with Crippen LogP contribution in [0.3, 0.4) is 0 Å². The van der Waals surface area contributed by atoms with E-state index >= 15 is 0 Å². The van der Waals surface area contributed by atoms with Gasteiger partial charge in [-0.05, 0) is 54.6 Å². The molecule has 0 radical (unpaired) electrons. The number of piperidine rings is 1. The summed E-state index contributed by atoms with van der Waals surface area (Å²) in [6, 6.07) is 15.5. The number of nitrogens with one attached hydrogen (secondary N) is 1. The largest absolute Gasteiger partial charge is 0.342 e. The molecule has 1 amide bonds. The fourth-order valence-corrected chi connectivity index (χ4v) is 3.91. The number of nitrogens with zero attached hydrogens (tertiary/aromatic N) is 1. The van der Waals surface area contributed by atoms with E-state index in [0.717, 1.165) is 32.4 Å². The highest BCUT2D eigenvalue weighted by Crippen LogP contribution is 2.49. The van der Waals surface area contributed by atoms with Gasteiger partial charge >= 0.3 is 0 Å². The smallest absolute Gasteiger partial charge is 0.226 e. The lowest BCUT2D eigenvalue weighted by Crippen LogP contribution is -2.44. The zero-order valence-corrected chi connectivity index (χ0v) is 13.7. The van der Waals surface area contributed by atoms with Crippen LogP contribution in [0.25, 0.3) is 10.8 Å². The fourth-order valence-electron chi connectivity index (χ4n) is 3.91. The number of benzene rings is 2. The summed E-state index contributed by atoms with van der Waals surface area (Å²) in [7, 11) is 1.99. The Hall–Kier alpha value is -1.87. The van der Waals surface area contributed by atoms with Crippen LogP contribution < -0.4 is 5.32 Å². The van der Waals surface area contributed by atoms with E-state index < -0.39 is 0 Å². The van der Waals surface area contributed by atoms with Crippen molar-refractivity contribution in [1.29, 1.82) is 0 Å². The van der Waals surface area contributed by atoms with Crippen molar-refractivity contribution in [2.24, 2.45) is 5.92 Å². The summed E-state index contributed by atoms with van der Waals surface area (Å²) in [6.45, 7) is 2.06. The maximum Gasteiger partial charge on any atom is 0.226 e. The summed E-state index contributed by atoms with van der Waals surface area (Å²) in [5.41, 5.74) is 1.32. The molecule has 0 bridgehead atoms. The highest BCUT2D eigenvalue weighted by molar-refractivity contribution is 5.86. The van der Waals surface area contributed by atoms with Gasteiger partial charge in [-0.3, -0.25) is 4.79 Å². The molecule has 3 heteroatoms. The second-order valence-corrected chi connectivity index (χ2v) is 6.99. The molecule has 2 fully saturated rings. The minimum absolute atomic E-state index is 0.191. The molecule has 1 N–H and O–H groups in total. The molecule has 0 spiro atoms. The van der Waals surface area contributed by atoms with Gasteiger partial charge in [0.25, 0.3) is 0 Å². The highest BCUT2D eigenvalue weighted by atomic mass is 16.2. The molecule has 3 nitrogen and oxygen atoms in total. The van der Waals surface area contributed by atoms with Gasteiger partial charge in [0.2, 0.25) is 5.91 Å². The molecule has 1 saturated carbocycles. The van der Waals surface area contributed by atoms with E-state index in [1.54, 1.807) is 0 Å². The van der Waals surface area contributed by atoms with Gasteiger partial charge in [-0.25, -0.2) is 0 Å². The minimum atomic E-state index is 0.191. The van der Waals surface area contributed by atoms with Gasteiger partial charge in [-0.15, -0.1) is 0 Å². The number of hydrogen-bond donors (Lipinski definition) is 1. The lowest BCUT2D eigenvalue weighted by Gasteiger charge is -2.32. The van der Waals surface area contributed by atoms with Gasteiger partial charge in [0.15, 0.2) is 0 Å². The van der Waals surface area contributed by atoms with Crippen molar-refractivity contribution in [2.45, 2.75) is 31.2 Å². The van der Waals surface area contributed by atoms with Crippen molar-refractivity contribution in [3.8, 4) is 0 Å². The average Bonchev–Trinajstić information content (AvgIpc) is 3.41. The average molecular weight is 308 g/mol. The van der Waals surface area contributed by atoms with Crippen molar-refractivity contribution in [3.63, 3.8) is 0 Å². The summed E-state index contributed by atoms with van der Waals surface area (Å²) in [6.07, 6.45) is 3.16. The van der Waals surface area contributed by atoms with Gasteiger partial charge in [0, 0.05) is 19.0 Å². The van der Waals surface area contributed by atoms with Crippen molar-refractivity contribution in [2.75, 3.05) is 20.1 Å². The molecule has 120 valence electrons. The molecule has 1 saturated heterocycles. The number of fused-ring (bicyclic) bond motifs is 1. The van der Waals surface area contributed by atoms with Gasteiger partial charge in [-0.2, -0.15) is 0 Å². The molecule has 2 aliphatic rings. The van der Waals surface area contributed by atoms with Crippen LogP contribution in [0.2, 0.25) is 0 Å². The van der Waals surface area contributed by atoms with Gasteiger partial charge in [0.1, 0.15) is 0 Å². The quantitative estimate of drug-likeness (QED) is 0.944. The Morgan fingerprint density at radius 3 is 2.61 bits per heavy atom. The first-order valence-electron chi connectivity index (χ1n) is 8.70. The Morgan fingerprint density at radius 2 is 1.83 bits per heavy atom. The van der Waals surface area contributed by atoms with Gasteiger partial charge in [0.05, 0.1) is 0 Å². The van der Waals surface area contributed by atoms with E-state index in [0.29, 0.717) is 17.9 Å². The molecule has 0 aromatic heterocycles. The summed E-state index contributed by atoms with van der Waals surface area (Å²) in [5.74, 6) is 0.947. The maximum atomic E-state index is 12.8. The molecular weight excluding hydrogens is 284 g/mol. The van der Waals surface area contributed by atoms with Crippen LogP contribution in [0.4, 0.5) is 0 Å². The van der Waals surface area contributed by atoms with E-state index in [1.807, 2.05) is 11.9 Å². The Labute approximate surface area is 137 Å². The predicted molar refractivity (Wildman–Crippen MR) is 93.5 cm³/mol. The zero-order chi connectivity index (χ0) is 15.8. The lowest BCUT2D eigenvalue weighted by atomic mass is 10.0. The van der Waals surface area contributed by atoms with Crippen molar-refractivity contribution < 1.29 is 4.79 Å². The molecule has 2 atom stereocenters. The maximum absolute atomic E-state index is 12.8. The molecule has 2 aromatic rings. The SMILES string of the molecule is CN(C(=O)C1CC1c1ccc2ccccc2c1)C1CCNCC1. The van der Waals surface area contributed by atoms with Gasteiger partial charge in [-0.1, -0.05) is 42.5 Å². The van der Waals surface area contributed by atoms with E-state index in [4.69, 9.17) is 0 Å². The number of hydrogen-bond acceptors (Lipinski definition) is 2. The zero-order valence-electron chi connectivity index (χ0n) is 13.7. The second kappa shape index (κ2) is 5.97. The lowest BCUT2D eigenvalue weighted by molar-refractivity contribution is -0.133. The van der Waals surface area contributed by atoms with Gasteiger partial charge < -0.3 is 10.2 Å². The Balaban J connectivity index is 1.46. The molecule has 2 aromatic carbocycles. The van der Waals surface area contributed by atoms with Crippen LogP contribution in [0.15, 0.2) is 42.5 Å². The first kappa shape index (κ1) is 14.7. The Kier molecular flexibility index (Phi) is 3.82. The summed E-state index contributed by atoms with van der Waals surface area (Å²) in [5, 5.41) is 5.91. The standard InChI is InChI=1S/C20H24N2O/c1-22(17-8-10-21-11-9-17)20(23)19-13-18(19)16-7-6-14-4-2-3-5-15(14)12-16/h2-7,12,17-19,21H,8-11,13H2,1H3. The summed E-state index contributed by atoms with van der Waals surface area (Å²) < 4.78 is 0.